The van der Waals surface area contributed by atoms with Gasteiger partial charge in [-0.3, -0.25) is 0 Å². The van der Waals surface area contributed by atoms with E-state index < -0.39 is 6.10 Å². The fourth-order valence-corrected chi connectivity index (χ4v) is 1.14. The molecule has 0 aliphatic carbocycles. The zero-order valence-electron chi connectivity index (χ0n) is 9.49. The Hall–Kier alpha value is -0.663. The molecule has 0 aliphatic rings. The van der Waals surface area contributed by atoms with Crippen LogP contribution in [0.4, 0.5) is 0 Å². The Morgan fingerprint density at radius 3 is 2.53 bits per heavy atom. The average Bonchev–Trinajstić information content (AvgIpc) is 2.25. The van der Waals surface area contributed by atoms with Crippen molar-refractivity contribution in [1.29, 1.82) is 0 Å². The second-order valence-corrected chi connectivity index (χ2v) is 3.22. The predicted octanol–water partition coefficient (Wildman–Crippen LogP) is -0.714. The minimum Gasteiger partial charge on any atom is -0.839 e. The molecule has 0 saturated carbocycles. The van der Waals surface area contributed by atoms with E-state index in [-0.39, 0.29) is 18.9 Å². The quantitative estimate of drug-likeness (QED) is 0.354. The van der Waals surface area contributed by atoms with Crippen molar-refractivity contribution < 1.29 is 24.0 Å². The summed E-state index contributed by atoms with van der Waals surface area (Å²) in [7, 11) is 0. The Morgan fingerprint density at radius 1 is 1.27 bits per heavy atom. The van der Waals surface area contributed by atoms with E-state index in [1.54, 1.807) is 0 Å². The van der Waals surface area contributed by atoms with Crippen molar-refractivity contribution in [2.45, 2.75) is 32.3 Å². The third kappa shape index (κ3) is 5.70. The summed E-state index contributed by atoms with van der Waals surface area (Å²) in [6.07, 6.45) is 2.16. The van der Waals surface area contributed by atoms with E-state index in [1.807, 2.05) is 30.3 Å². The van der Waals surface area contributed by atoms with Crippen molar-refractivity contribution in [3.8, 4) is 11.8 Å². The number of hydrogen-bond donors (Lipinski definition) is 0. The Morgan fingerprint density at radius 2 is 1.93 bits per heavy atom. The molecule has 0 bridgehead atoms. The van der Waals surface area contributed by atoms with E-state index in [1.165, 1.54) is 0 Å². The molecule has 0 amide bonds. The fraction of sp³-hybridized carbons (Fsp3) is 0.385. The number of unbranched alkanes of at least 4 members (excludes halogenated alkanes) is 2. The molecule has 15 heavy (non-hydrogen) atoms. The summed E-state index contributed by atoms with van der Waals surface area (Å²) in [5.41, 5.74) is 0.761. The van der Waals surface area contributed by atoms with Crippen LogP contribution in [0, 0.1) is 11.8 Å². The van der Waals surface area contributed by atoms with Gasteiger partial charge in [0.2, 0.25) is 0 Å². The predicted molar refractivity (Wildman–Crippen MR) is 56.5 cm³/mol. The van der Waals surface area contributed by atoms with Crippen LogP contribution in [-0.4, -0.2) is 0 Å². The molecule has 1 aromatic carbocycles. The Bertz CT molecular complexity index is 310. The second kappa shape index (κ2) is 8.63. The first-order valence-electron chi connectivity index (χ1n) is 5.03. The summed E-state index contributed by atoms with van der Waals surface area (Å²) < 4.78 is 0. The van der Waals surface area contributed by atoms with Crippen molar-refractivity contribution >= 4 is 0 Å². The molecule has 74 valence electrons. The van der Waals surface area contributed by atoms with Crippen molar-refractivity contribution in [1.82, 2.24) is 0 Å². The van der Waals surface area contributed by atoms with Gasteiger partial charge in [-0.15, -0.1) is 11.8 Å². The van der Waals surface area contributed by atoms with Gasteiger partial charge in [-0.2, -0.15) is 0 Å². The topological polar surface area (TPSA) is 23.1 Å². The third-order valence-corrected chi connectivity index (χ3v) is 1.99. The smallest absolute Gasteiger partial charge is 0.839 e. The molecule has 0 saturated heterocycles. The molecule has 2 heteroatoms. The van der Waals surface area contributed by atoms with Gasteiger partial charge in [-0.25, -0.2) is 0 Å². The van der Waals surface area contributed by atoms with E-state index in [4.69, 9.17) is 0 Å². The summed E-state index contributed by atoms with van der Waals surface area (Å²) in [6.45, 7) is 2.12. The van der Waals surface area contributed by atoms with Crippen LogP contribution < -0.4 is 24.0 Å². The van der Waals surface area contributed by atoms with E-state index in [2.05, 4.69) is 18.8 Å². The van der Waals surface area contributed by atoms with Crippen LogP contribution >= 0.6 is 0 Å². The molecule has 0 aliphatic heterocycles. The van der Waals surface area contributed by atoms with Gasteiger partial charge in [0.05, 0.1) is 0 Å². The van der Waals surface area contributed by atoms with Gasteiger partial charge in [0.1, 0.15) is 0 Å². The molecule has 1 nitrogen and oxygen atoms in total. The maximum absolute atomic E-state index is 11.5. The summed E-state index contributed by atoms with van der Waals surface area (Å²) in [5.74, 6) is 5.65. The minimum atomic E-state index is -0.881. The molecule has 1 aromatic rings. The molecule has 0 fully saturated rings. The monoisotopic (exact) mass is 194 g/mol. The van der Waals surface area contributed by atoms with Gasteiger partial charge in [0.15, 0.2) is 0 Å². The first-order valence-corrected chi connectivity index (χ1v) is 5.03. The molecule has 0 heterocycles. The molecule has 0 N–H and O–H groups in total. The van der Waals surface area contributed by atoms with Gasteiger partial charge in [-0.1, -0.05) is 43.7 Å². The Labute approximate surface area is 104 Å². The summed E-state index contributed by atoms with van der Waals surface area (Å²) >= 11 is 0. The molecule has 0 radical (unpaired) electrons. The molecule has 1 atom stereocenters. The largest absolute Gasteiger partial charge is 1.00 e. The van der Waals surface area contributed by atoms with Crippen molar-refractivity contribution in [2.24, 2.45) is 0 Å². The zero-order chi connectivity index (χ0) is 10.2. The van der Waals surface area contributed by atoms with Crippen molar-refractivity contribution in [3.05, 3.63) is 35.9 Å². The van der Waals surface area contributed by atoms with Crippen LogP contribution in [0.2, 0.25) is 0 Å². The summed E-state index contributed by atoms with van der Waals surface area (Å²) in [6, 6.07) is 9.29. The van der Waals surface area contributed by atoms with E-state index in [0.717, 1.165) is 24.8 Å². The molecular weight excluding hydrogens is 179 g/mol. The number of benzene rings is 1. The van der Waals surface area contributed by atoms with Crippen molar-refractivity contribution in [3.63, 3.8) is 0 Å². The molecular formula is C13H15LiO. The van der Waals surface area contributed by atoms with Gasteiger partial charge in [0.25, 0.3) is 0 Å². The Balaban J connectivity index is 0.00000196. The van der Waals surface area contributed by atoms with Gasteiger partial charge in [0, 0.05) is 6.42 Å². The summed E-state index contributed by atoms with van der Waals surface area (Å²) in [4.78, 5) is 0. The van der Waals surface area contributed by atoms with Crippen LogP contribution in [0.1, 0.15) is 37.9 Å². The first kappa shape index (κ1) is 14.3. The minimum absolute atomic E-state index is 0. The molecule has 0 spiro atoms. The molecule has 0 aromatic heterocycles. The fourth-order valence-electron chi connectivity index (χ4n) is 1.14. The SMILES string of the molecule is CCCCC#CC([O-])c1ccccc1.[Li+]. The maximum atomic E-state index is 11.5. The standard InChI is InChI=1S/C13H15O.Li/c1-2-3-4-8-11-13(14)12-9-6-5-7-10-12;/h5-7,9-10,13H,2-4H2,1H3;/q-1;+1. The number of rotatable bonds is 3. The van der Waals surface area contributed by atoms with E-state index >= 15 is 0 Å². The zero-order valence-corrected chi connectivity index (χ0v) is 9.49. The normalized spacial score (nSPS) is 10.8. The third-order valence-electron chi connectivity index (χ3n) is 1.99. The van der Waals surface area contributed by atoms with Crippen LogP contribution in [0.5, 0.6) is 0 Å². The van der Waals surface area contributed by atoms with E-state index in [0.29, 0.717) is 0 Å². The second-order valence-electron chi connectivity index (χ2n) is 3.22. The van der Waals surface area contributed by atoms with Gasteiger partial charge < -0.3 is 5.11 Å². The Kier molecular flexibility index (Phi) is 8.25. The average molecular weight is 194 g/mol. The summed E-state index contributed by atoms with van der Waals surface area (Å²) in [5, 5.41) is 11.5. The van der Waals surface area contributed by atoms with Crippen LogP contribution in [0.3, 0.4) is 0 Å². The van der Waals surface area contributed by atoms with Gasteiger partial charge >= 0.3 is 18.9 Å². The van der Waals surface area contributed by atoms with Gasteiger partial charge in [-0.05, 0) is 18.1 Å². The van der Waals surface area contributed by atoms with Crippen molar-refractivity contribution in [2.75, 3.05) is 0 Å². The van der Waals surface area contributed by atoms with E-state index in [9.17, 15) is 5.11 Å². The van der Waals surface area contributed by atoms with Crippen LogP contribution in [-0.2, 0) is 0 Å². The molecule has 1 rings (SSSR count). The maximum Gasteiger partial charge on any atom is 1.00 e. The number of hydrogen-bond acceptors (Lipinski definition) is 1. The first-order chi connectivity index (χ1) is 6.84. The van der Waals surface area contributed by atoms with Crippen LogP contribution in [0.15, 0.2) is 30.3 Å². The molecule has 1 unspecified atom stereocenters. The van der Waals surface area contributed by atoms with Crippen LogP contribution in [0.25, 0.3) is 0 Å².